The second kappa shape index (κ2) is 7.57. The summed E-state index contributed by atoms with van der Waals surface area (Å²) in [6, 6.07) is 5.61. The van der Waals surface area contributed by atoms with Crippen LogP contribution in [0.25, 0.3) is 11.2 Å². The monoisotopic (exact) mass is 406 g/mol. The molecule has 0 radical (unpaired) electrons. The second-order valence-electron chi connectivity index (χ2n) is 8.32. The SMILES string of the molecule is Cc1cc(Nc2nc(NC3CC4CC[C@@H](C3)N4CCC#N)c3[nH]c(C)nc3n2)n[nH]1. The average Bonchev–Trinajstić information content (AvgIpc) is 3.35. The zero-order valence-corrected chi connectivity index (χ0v) is 17.2. The molecule has 30 heavy (non-hydrogen) atoms. The van der Waals surface area contributed by atoms with Gasteiger partial charge in [-0.05, 0) is 39.5 Å². The third-order valence-corrected chi connectivity index (χ3v) is 6.12. The quantitative estimate of drug-likeness (QED) is 0.491. The summed E-state index contributed by atoms with van der Waals surface area (Å²) in [6.07, 6.45) is 5.14. The highest BCUT2D eigenvalue weighted by atomic mass is 15.3. The van der Waals surface area contributed by atoms with Gasteiger partial charge >= 0.3 is 0 Å². The molecule has 0 amide bonds. The van der Waals surface area contributed by atoms with E-state index in [1.165, 1.54) is 12.8 Å². The lowest BCUT2D eigenvalue weighted by Gasteiger charge is -2.39. The first-order valence-electron chi connectivity index (χ1n) is 10.5. The molecule has 10 heteroatoms. The highest BCUT2D eigenvalue weighted by Gasteiger charge is 2.40. The van der Waals surface area contributed by atoms with Crippen LogP contribution in [-0.2, 0) is 0 Å². The van der Waals surface area contributed by atoms with Crippen LogP contribution in [0.1, 0.15) is 43.6 Å². The lowest BCUT2D eigenvalue weighted by atomic mass is 9.97. The van der Waals surface area contributed by atoms with Crippen molar-refractivity contribution in [3.8, 4) is 6.07 Å². The van der Waals surface area contributed by atoms with Crippen LogP contribution >= 0.6 is 0 Å². The number of nitriles is 1. The number of nitrogens with one attached hydrogen (secondary N) is 4. The van der Waals surface area contributed by atoms with Crippen LogP contribution in [0.15, 0.2) is 6.07 Å². The molecule has 2 unspecified atom stereocenters. The Morgan fingerprint density at radius 3 is 2.70 bits per heavy atom. The molecule has 4 N–H and O–H groups in total. The fourth-order valence-electron chi connectivity index (χ4n) is 4.90. The van der Waals surface area contributed by atoms with E-state index in [9.17, 15) is 0 Å². The predicted molar refractivity (Wildman–Crippen MR) is 113 cm³/mol. The van der Waals surface area contributed by atoms with E-state index in [1.807, 2.05) is 19.9 Å². The lowest BCUT2D eigenvalue weighted by molar-refractivity contribution is 0.136. The molecule has 2 aliphatic rings. The Balaban J connectivity index is 1.38. The zero-order chi connectivity index (χ0) is 20.7. The molecule has 2 fully saturated rings. The number of fused-ring (bicyclic) bond motifs is 3. The van der Waals surface area contributed by atoms with Crippen molar-refractivity contribution in [1.29, 1.82) is 5.26 Å². The largest absolute Gasteiger partial charge is 0.365 e. The first-order chi connectivity index (χ1) is 14.6. The molecule has 3 aromatic rings. The van der Waals surface area contributed by atoms with Gasteiger partial charge < -0.3 is 15.6 Å². The Morgan fingerprint density at radius 1 is 1.20 bits per heavy atom. The Morgan fingerprint density at radius 2 is 2.00 bits per heavy atom. The van der Waals surface area contributed by atoms with Crippen molar-refractivity contribution in [2.45, 2.75) is 64.1 Å². The molecule has 2 bridgehead atoms. The number of anilines is 3. The number of H-pyrrole nitrogens is 2. The molecule has 2 aliphatic heterocycles. The summed E-state index contributed by atoms with van der Waals surface area (Å²) >= 11 is 0. The third kappa shape index (κ3) is 3.57. The minimum Gasteiger partial charge on any atom is -0.365 e. The zero-order valence-electron chi connectivity index (χ0n) is 17.2. The van der Waals surface area contributed by atoms with E-state index >= 15 is 0 Å². The molecular formula is C20H26N10. The van der Waals surface area contributed by atoms with E-state index in [4.69, 9.17) is 10.2 Å². The molecule has 3 atom stereocenters. The summed E-state index contributed by atoms with van der Waals surface area (Å²) in [6.45, 7) is 4.75. The topological polar surface area (TPSA) is 134 Å². The number of aromatic nitrogens is 6. The van der Waals surface area contributed by atoms with E-state index < -0.39 is 0 Å². The van der Waals surface area contributed by atoms with Gasteiger partial charge in [-0.2, -0.15) is 20.3 Å². The lowest BCUT2D eigenvalue weighted by Crippen LogP contribution is -2.47. The summed E-state index contributed by atoms with van der Waals surface area (Å²) < 4.78 is 0. The Kier molecular flexibility index (Phi) is 4.75. The van der Waals surface area contributed by atoms with Crippen LogP contribution in [0.4, 0.5) is 17.6 Å². The van der Waals surface area contributed by atoms with Crippen LogP contribution in [0.5, 0.6) is 0 Å². The van der Waals surface area contributed by atoms with Crippen molar-refractivity contribution in [3.63, 3.8) is 0 Å². The van der Waals surface area contributed by atoms with E-state index in [1.54, 1.807) is 0 Å². The van der Waals surface area contributed by atoms with E-state index in [-0.39, 0.29) is 0 Å². The predicted octanol–water partition coefficient (Wildman–Crippen LogP) is 2.76. The van der Waals surface area contributed by atoms with Crippen LogP contribution in [0, 0.1) is 25.2 Å². The number of hydrogen-bond donors (Lipinski definition) is 4. The van der Waals surface area contributed by atoms with E-state index in [0.29, 0.717) is 42.0 Å². The Bertz CT molecular complexity index is 1080. The number of aryl methyl sites for hydroxylation is 2. The van der Waals surface area contributed by atoms with Crippen molar-refractivity contribution in [2.75, 3.05) is 17.2 Å². The summed E-state index contributed by atoms with van der Waals surface area (Å²) in [5.41, 5.74) is 2.43. The number of piperidine rings is 1. The van der Waals surface area contributed by atoms with Crippen LogP contribution in [-0.4, -0.2) is 59.7 Å². The summed E-state index contributed by atoms with van der Waals surface area (Å²) in [7, 11) is 0. The maximum atomic E-state index is 8.95. The van der Waals surface area contributed by atoms with Gasteiger partial charge in [0, 0.05) is 42.9 Å². The molecule has 0 aliphatic carbocycles. The highest BCUT2D eigenvalue weighted by molar-refractivity contribution is 5.84. The van der Waals surface area contributed by atoms with E-state index in [0.717, 1.165) is 42.2 Å². The van der Waals surface area contributed by atoms with Crippen molar-refractivity contribution in [2.24, 2.45) is 0 Å². The second-order valence-corrected chi connectivity index (χ2v) is 8.32. The van der Waals surface area contributed by atoms with Gasteiger partial charge in [-0.1, -0.05) is 0 Å². The molecule has 3 aromatic heterocycles. The van der Waals surface area contributed by atoms with Gasteiger partial charge in [0.05, 0.1) is 6.07 Å². The smallest absolute Gasteiger partial charge is 0.232 e. The Labute approximate surface area is 174 Å². The van der Waals surface area contributed by atoms with Crippen molar-refractivity contribution in [3.05, 3.63) is 17.6 Å². The normalized spacial score (nSPS) is 23.6. The van der Waals surface area contributed by atoms with Crippen LogP contribution < -0.4 is 10.6 Å². The van der Waals surface area contributed by atoms with Gasteiger partial charge in [0.1, 0.15) is 11.3 Å². The third-order valence-electron chi connectivity index (χ3n) is 6.12. The first kappa shape index (κ1) is 18.8. The molecule has 0 saturated carbocycles. The molecule has 5 rings (SSSR count). The number of nitrogens with zero attached hydrogens (tertiary/aromatic N) is 6. The van der Waals surface area contributed by atoms with Crippen LogP contribution in [0.3, 0.4) is 0 Å². The maximum Gasteiger partial charge on any atom is 0.232 e. The average molecular weight is 406 g/mol. The number of rotatable bonds is 6. The Hall–Kier alpha value is -3.19. The van der Waals surface area contributed by atoms with Gasteiger partial charge in [-0.15, -0.1) is 0 Å². The standard InChI is InChI=1S/C20H26N10/c1-11-8-16(29-28-11)25-20-26-18-17(22-12(2)23-18)19(27-20)24-13-9-14-4-5-15(10-13)30(14)7-3-6-21/h8,13-15H,3-5,7,9-10H2,1-2H3,(H4,22,23,24,25,26,27,28,29)/t13?,14-,15?/m0/s1. The molecule has 156 valence electrons. The van der Waals surface area contributed by atoms with Crippen molar-refractivity contribution < 1.29 is 0 Å². The number of aromatic amines is 2. The molecular weight excluding hydrogens is 380 g/mol. The van der Waals surface area contributed by atoms with Gasteiger partial charge in [0.25, 0.3) is 0 Å². The molecule has 5 heterocycles. The van der Waals surface area contributed by atoms with Crippen LogP contribution in [0.2, 0.25) is 0 Å². The van der Waals surface area contributed by atoms with Crippen molar-refractivity contribution in [1.82, 2.24) is 35.0 Å². The molecule has 10 nitrogen and oxygen atoms in total. The summed E-state index contributed by atoms with van der Waals surface area (Å²) in [4.78, 5) is 19.6. The molecule has 0 aromatic carbocycles. The van der Waals surface area contributed by atoms with Gasteiger partial charge in [-0.25, -0.2) is 4.98 Å². The van der Waals surface area contributed by atoms with E-state index in [2.05, 4.69) is 46.8 Å². The fraction of sp³-hybridized carbons (Fsp3) is 0.550. The minimum atomic E-state index is 0.336. The highest BCUT2D eigenvalue weighted by Crippen LogP contribution is 2.37. The number of hydrogen-bond acceptors (Lipinski definition) is 8. The minimum absolute atomic E-state index is 0.336. The van der Waals surface area contributed by atoms with Gasteiger partial charge in [-0.3, -0.25) is 10.00 Å². The van der Waals surface area contributed by atoms with Gasteiger partial charge in [0.15, 0.2) is 17.3 Å². The molecule has 2 saturated heterocycles. The molecule has 0 spiro atoms. The first-order valence-corrected chi connectivity index (χ1v) is 10.5. The maximum absolute atomic E-state index is 8.95. The summed E-state index contributed by atoms with van der Waals surface area (Å²) in [5.74, 6) is 2.72. The number of imidazole rings is 1. The van der Waals surface area contributed by atoms with Gasteiger partial charge in [0.2, 0.25) is 5.95 Å². The van der Waals surface area contributed by atoms with Crippen molar-refractivity contribution >= 4 is 28.7 Å². The summed E-state index contributed by atoms with van der Waals surface area (Å²) in [5, 5.41) is 22.9. The fourth-order valence-corrected chi connectivity index (χ4v) is 4.90.